The summed E-state index contributed by atoms with van der Waals surface area (Å²) in [6.07, 6.45) is 1.76. The van der Waals surface area contributed by atoms with Crippen LogP contribution in [-0.4, -0.2) is 37.5 Å². The van der Waals surface area contributed by atoms with Crippen LogP contribution in [-0.2, 0) is 12.8 Å². The SMILES string of the molecule is COc1ccc(C)s1.Nc1cc(-c2ccc(Br)c(=O)[nH]2)[nH]n1.O=c1[nH]c(-c2cc(CCc3ccc(Cl)s3)[nH]n2)ccc1Br. The van der Waals surface area contributed by atoms with Crippen LogP contribution in [0.2, 0.25) is 4.34 Å². The highest BCUT2D eigenvalue weighted by molar-refractivity contribution is 9.10. The first-order chi connectivity index (χ1) is 20.6. The topological polar surface area (TPSA) is 158 Å². The molecule has 0 saturated heterocycles. The number of hydrogen-bond donors (Lipinski definition) is 5. The highest BCUT2D eigenvalue weighted by atomic mass is 79.9. The highest BCUT2D eigenvalue weighted by Crippen LogP contribution is 2.24. The van der Waals surface area contributed by atoms with E-state index in [2.05, 4.69) is 69.1 Å². The molecular weight excluding hydrogens is 742 g/mol. The van der Waals surface area contributed by atoms with Crippen molar-refractivity contribution >= 4 is 72.0 Å². The Morgan fingerprint density at radius 3 is 2.07 bits per heavy atom. The molecule has 0 radical (unpaired) electrons. The molecule has 0 bridgehead atoms. The molecule has 0 saturated carbocycles. The Morgan fingerprint density at radius 1 is 0.837 bits per heavy atom. The van der Waals surface area contributed by atoms with Crippen LogP contribution in [0.1, 0.15) is 15.4 Å². The van der Waals surface area contributed by atoms with Crippen LogP contribution < -0.4 is 21.6 Å². The van der Waals surface area contributed by atoms with Crippen molar-refractivity contribution in [1.29, 1.82) is 0 Å². The molecule has 0 spiro atoms. The molecule has 15 heteroatoms. The number of methoxy groups -OCH3 is 1. The first kappa shape index (κ1) is 32.5. The summed E-state index contributed by atoms with van der Waals surface area (Å²) in [4.78, 5) is 30.8. The Labute approximate surface area is 276 Å². The monoisotopic (exact) mass is 765 g/mol. The number of H-pyrrole nitrogens is 4. The van der Waals surface area contributed by atoms with Gasteiger partial charge in [0.1, 0.15) is 11.5 Å². The molecule has 0 amide bonds. The Balaban J connectivity index is 0.000000165. The third-order valence-corrected chi connectivity index (χ3v) is 9.21. The molecule has 6 aromatic heterocycles. The second kappa shape index (κ2) is 15.3. The number of rotatable bonds is 6. The van der Waals surface area contributed by atoms with Crippen molar-refractivity contribution in [2.75, 3.05) is 12.8 Å². The maximum absolute atomic E-state index is 11.6. The van der Waals surface area contributed by atoms with Crippen LogP contribution in [0.15, 0.2) is 79.2 Å². The molecule has 0 aliphatic rings. The molecular formula is C28H26Br2ClN7O3S2. The number of aryl methyl sites for hydroxylation is 3. The molecule has 0 aliphatic carbocycles. The predicted molar refractivity (Wildman–Crippen MR) is 181 cm³/mol. The molecule has 0 aromatic carbocycles. The molecule has 0 aliphatic heterocycles. The van der Waals surface area contributed by atoms with Crippen molar-refractivity contribution < 1.29 is 4.74 Å². The second-order valence-corrected chi connectivity index (χ2v) is 13.6. The van der Waals surface area contributed by atoms with Crippen LogP contribution >= 0.6 is 66.1 Å². The van der Waals surface area contributed by atoms with E-state index in [1.165, 1.54) is 9.75 Å². The zero-order chi connectivity index (χ0) is 30.9. The number of nitrogen functional groups attached to an aromatic ring is 1. The number of nitrogens with two attached hydrogens (primary N) is 1. The van der Waals surface area contributed by atoms with Gasteiger partial charge in [0.25, 0.3) is 11.1 Å². The van der Waals surface area contributed by atoms with E-state index >= 15 is 0 Å². The summed E-state index contributed by atoms with van der Waals surface area (Å²) in [5.41, 5.74) is 8.90. The minimum atomic E-state index is -0.185. The van der Waals surface area contributed by atoms with Gasteiger partial charge in [-0.1, -0.05) is 11.6 Å². The zero-order valence-electron chi connectivity index (χ0n) is 22.8. The quantitative estimate of drug-likeness (QED) is 0.121. The molecule has 6 N–H and O–H groups in total. The third kappa shape index (κ3) is 9.53. The maximum atomic E-state index is 11.6. The van der Waals surface area contributed by atoms with Crippen molar-refractivity contribution in [3.8, 4) is 27.8 Å². The van der Waals surface area contributed by atoms with Crippen LogP contribution in [0.5, 0.6) is 5.06 Å². The summed E-state index contributed by atoms with van der Waals surface area (Å²) in [5, 5.41) is 14.7. The van der Waals surface area contributed by atoms with Crippen molar-refractivity contribution in [1.82, 2.24) is 30.4 Å². The Kier molecular flexibility index (Phi) is 11.6. The molecule has 6 heterocycles. The molecule has 0 fully saturated rings. The van der Waals surface area contributed by atoms with Crippen molar-refractivity contribution in [2.45, 2.75) is 19.8 Å². The number of nitrogens with zero attached hydrogens (tertiary/aromatic N) is 2. The van der Waals surface area contributed by atoms with Crippen LogP contribution in [0.4, 0.5) is 5.82 Å². The molecule has 10 nitrogen and oxygen atoms in total. The van der Waals surface area contributed by atoms with E-state index in [1.807, 2.05) is 36.4 Å². The lowest BCUT2D eigenvalue weighted by atomic mass is 10.2. The lowest BCUT2D eigenvalue weighted by Crippen LogP contribution is -2.06. The summed E-state index contributed by atoms with van der Waals surface area (Å²) in [5.74, 6) is 0.392. The largest absolute Gasteiger partial charge is 0.487 e. The summed E-state index contributed by atoms with van der Waals surface area (Å²) in [7, 11) is 1.69. The lowest BCUT2D eigenvalue weighted by Gasteiger charge is -1.96. The van der Waals surface area contributed by atoms with Gasteiger partial charge >= 0.3 is 0 Å². The van der Waals surface area contributed by atoms with E-state index < -0.39 is 0 Å². The van der Waals surface area contributed by atoms with Crippen molar-refractivity contribution in [2.24, 2.45) is 0 Å². The first-order valence-corrected chi connectivity index (χ1v) is 16.2. The minimum absolute atomic E-state index is 0.162. The number of aromatic amines is 4. The highest BCUT2D eigenvalue weighted by Gasteiger charge is 2.07. The summed E-state index contributed by atoms with van der Waals surface area (Å²) in [6.45, 7) is 2.06. The lowest BCUT2D eigenvalue weighted by molar-refractivity contribution is 0.427. The summed E-state index contributed by atoms with van der Waals surface area (Å²) in [6, 6.07) is 18.5. The minimum Gasteiger partial charge on any atom is -0.487 e. The number of pyridine rings is 2. The van der Waals surface area contributed by atoms with Gasteiger partial charge in [-0.2, -0.15) is 10.2 Å². The Hall–Kier alpha value is -3.43. The fourth-order valence-electron chi connectivity index (χ4n) is 3.59. The van der Waals surface area contributed by atoms with Crippen LogP contribution in [0.25, 0.3) is 22.8 Å². The number of nitrogens with one attached hydrogen (secondary N) is 4. The Bertz CT molecular complexity index is 1910. The second-order valence-electron chi connectivity index (χ2n) is 8.86. The number of halogens is 3. The number of anilines is 1. The van der Waals surface area contributed by atoms with Crippen LogP contribution in [0, 0.1) is 6.92 Å². The Morgan fingerprint density at radius 2 is 1.53 bits per heavy atom. The van der Waals surface area contributed by atoms with Gasteiger partial charge in [-0.15, -0.1) is 22.7 Å². The van der Waals surface area contributed by atoms with Gasteiger partial charge in [-0.25, -0.2) is 0 Å². The number of aromatic nitrogens is 6. The zero-order valence-corrected chi connectivity index (χ0v) is 28.4. The average molecular weight is 768 g/mol. The van der Waals surface area contributed by atoms with E-state index in [0.717, 1.165) is 33.6 Å². The van der Waals surface area contributed by atoms with Gasteiger partial charge in [-0.05, 0) is 106 Å². The fraction of sp³-hybridized carbons (Fsp3) is 0.143. The maximum Gasteiger partial charge on any atom is 0.262 e. The predicted octanol–water partition coefficient (Wildman–Crippen LogP) is 7.20. The average Bonchev–Trinajstić information content (AvgIpc) is 3.80. The van der Waals surface area contributed by atoms with E-state index in [1.54, 1.807) is 54.0 Å². The van der Waals surface area contributed by atoms with E-state index in [0.29, 0.717) is 31.8 Å². The van der Waals surface area contributed by atoms with Gasteiger partial charge < -0.3 is 20.4 Å². The van der Waals surface area contributed by atoms with Crippen LogP contribution in [0.3, 0.4) is 0 Å². The van der Waals surface area contributed by atoms with Gasteiger partial charge in [0, 0.05) is 21.5 Å². The summed E-state index contributed by atoms with van der Waals surface area (Å²) < 4.78 is 6.77. The number of ether oxygens (including phenoxy) is 1. The van der Waals surface area contributed by atoms with Crippen molar-refractivity contribution in [3.63, 3.8) is 0 Å². The normalized spacial score (nSPS) is 10.4. The van der Waals surface area contributed by atoms with Crippen molar-refractivity contribution in [3.05, 3.63) is 110 Å². The standard InChI is InChI=1S/C14H11BrClN3OS.C8H7BrN4O.C6H8OS/c15-10-4-5-11(17-14(10)20)12-7-8(18-19-12)1-2-9-3-6-13(16)21-9;9-4-1-2-5(11-8(4)14)6-3-7(10)13-12-6;1-5-3-4-6(7-2)8-5/h3-7H,1-2H2,(H,17,20)(H,18,19);1-3H,(H,11,14)(H3,10,12,13);3-4H,1-2H3. The number of hydrogen-bond acceptors (Lipinski definition) is 8. The molecule has 0 atom stereocenters. The molecule has 224 valence electrons. The van der Waals surface area contributed by atoms with E-state index in [-0.39, 0.29) is 11.1 Å². The molecule has 6 aromatic rings. The van der Waals surface area contributed by atoms with E-state index in [4.69, 9.17) is 22.1 Å². The number of thiophene rings is 2. The molecule has 0 unspecified atom stereocenters. The smallest absolute Gasteiger partial charge is 0.262 e. The van der Waals surface area contributed by atoms with Gasteiger partial charge in [0.05, 0.1) is 37.5 Å². The molecule has 6 rings (SSSR count). The fourth-order valence-corrected chi connectivity index (χ4v) is 5.81. The van der Waals surface area contributed by atoms with Gasteiger partial charge in [-0.3, -0.25) is 19.8 Å². The third-order valence-electron chi connectivity index (χ3n) is 5.70. The van der Waals surface area contributed by atoms with E-state index in [9.17, 15) is 9.59 Å². The first-order valence-electron chi connectivity index (χ1n) is 12.6. The summed E-state index contributed by atoms with van der Waals surface area (Å²) >= 11 is 15.5. The van der Waals surface area contributed by atoms with Gasteiger partial charge in [0.2, 0.25) is 0 Å². The molecule has 43 heavy (non-hydrogen) atoms. The van der Waals surface area contributed by atoms with Gasteiger partial charge in [0.15, 0.2) is 5.06 Å².